The van der Waals surface area contributed by atoms with Crippen molar-refractivity contribution in [2.75, 3.05) is 24.6 Å². The third-order valence-electron chi connectivity index (χ3n) is 2.88. The Morgan fingerprint density at radius 3 is 2.53 bits per heavy atom. The molecule has 17 heavy (non-hydrogen) atoms. The normalized spacial score (nSPS) is 12.5. The van der Waals surface area contributed by atoms with Crippen LogP contribution in [0.15, 0.2) is 24.3 Å². The first-order valence-corrected chi connectivity index (χ1v) is 6.33. The van der Waals surface area contributed by atoms with Crippen LogP contribution in [0.4, 0.5) is 5.69 Å². The summed E-state index contributed by atoms with van der Waals surface area (Å²) in [5.74, 6) is 0. The zero-order chi connectivity index (χ0) is 12.7. The van der Waals surface area contributed by atoms with E-state index in [0.717, 1.165) is 30.6 Å². The molecule has 0 bridgehead atoms. The molecule has 1 rings (SSSR count). The van der Waals surface area contributed by atoms with Crippen LogP contribution in [-0.2, 0) is 0 Å². The maximum absolute atomic E-state index is 9.76. The van der Waals surface area contributed by atoms with Crippen molar-refractivity contribution in [1.29, 1.82) is 0 Å². The molecule has 1 atom stereocenters. The number of rotatable bonds is 7. The van der Waals surface area contributed by atoms with E-state index in [4.69, 9.17) is 5.11 Å². The van der Waals surface area contributed by atoms with Gasteiger partial charge < -0.3 is 15.1 Å². The zero-order valence-corrected chi connectivity index (χ0v) is 10.8. The molecule has 0 aliphatic rings. The van der Waals surface area contributed by atoms with Crippen molar-refractivity contribution >= 4 is 5.69 Å². The molecule has 0 unspecified atom stereocenters. The second-order valence-corrected chi connectivity index (χ2v) is 4.30. The van der Waals surface area contributed by atoms with E-state index in [1.54, 1.807) is 6.92 Å². The Morgan fingerprint density at radius 1 is 1.24 bits per heavy atom. The van der Waals surface area contributed by atoms with Gasteiger partial charge in [-0.05, 0) is 19.4 Å². The molecule has 1 aromatic carbocycles. The van der Waals surface area contributed by atoms with Crippen molar-refractivity contribution in [3.63, 3.8) is 0 Å². The standard InChI is InChI=1S/C14H23NO2/c1-3-4-9-15(10-11-16)14-8-6-5-7-13(14)12(2)17/h5-8,12,16-17H,3-4,9-11H2,1-2H3/t12-/m1/s1. The maximum atomic E-state index is 9.76. The van der Waals surface area contributed by atoms with E-state index >= 15 is 0 Å². The first-order valence-electron chi connectivity index (χ1n) is 6.33. The Kier molecular flexibility index (Phi) is 6.01. The molecular weight excluding hydrogens is 214 g/mol. The van der Waals surface area contributed by atoms with Crippen molar-refractivity contribution in [3.8, 4) is 0 Å². The van der Waals surface area contributed by atoms with Crippen molar-refractivity contribution < 1.29 is 10.2 Å². The van der Waals surface area contributed by atoms with Crippen molar-refractivity contribution in [1.82, 2.24) is 0 Å². The molecular formula is C14H23NO2. The van der Waals surface area contributed by atoms with E-state index in [1.807, 2.05) is 24.3 Å². The van der Waals surface area contributed by atoms with E-state index in [0.29, 0.717) is 6.54 Å². The molecule has 0 spiro atoms. The maximum Gasteiger partial charge on any atom is 0.0781 e. The lowest BCUT2D eigenvalue weighted by atomic mass is 10.1. The molecule has 0 saturated carbocycles. The molecule has 0 aliphatic carbocycles. The number of aliphatic hydroxyl groups excluding tert-OH is 2. The predicted molar refractivity (Wildman–Crippen MR) is 71.3 cm³/mol. The highest BCUT2D eigenvalue weighted by molar-refractivity contribution is 5.54. The van der Waals surface area contributed by atoms with Gasteiger partial charge in [0.25, 0.3) is 0 Å². The van der Waals surface area contributed by atoms with Gasteiger partial charge in [-0.2, -0.15) is 0 Å². The van der Waals surface area contributed by atoms with Gasteiger partial charge in [-0.1, -0.05) is 31.5 Å². The average Bonchev–Trinajstić information content (AvgIpc) is 2.34. The van der Waals surface area contributed by atoms with Gasteiger partial charge in [-0.25, -0.2) is 0 Å². The first kappa shape index (κ1) is 14.0. The lowest BCUT2D eigenvalue weighted by Crippen LogP contribution is -2.28. The molecule has 0 aliphatic heterocycles. The van der Waals surface area contributed by atoms with Gasteiger partial charge in [0.2, 0.25) is 0 Å². The second kappa shape index (κ2) is 7.30. The number of para-hydroxylation sites is 1. The fourth-order valence-corrected chi connectivity index (χ4v) is 1.95. The summed E-state index contributed by atoms with van der Waals surface area (Å²) >= 11 is 0. The van der Waals surface area contributed by atoms with E-state index in [9.17, 15) is 5.11 Å². The minimum absolute atomic E-state index is 0.137. The first-order chi connectivity index (χ1) is 8.20. The van der Waals surface area contributed by atoms with E-state index in [2.05, 4.69) is 11.8 Å². The van der Waals surface area contributed by atoms with Gasteiger partial charge >= 0.3 is 0 Å². The van der Waals surface area contributed by atoms with Gasteiger partial charge in [0.05, 0.1) is 12.7 Å². The van der Waals surface area contributed by atoms with Gasteiger partial charge in [0.1, 0.15) is 0 Å². The van der Waals surface area contributed by atoms with E-state index < -0.39 is 6.10 Å². The Hall–Kier alpha value is -1.06. The molecule has 0 fully saturated rings. The molecule has 0 radical (unpaired) electrons. The van der Waals surface area contributed by atoms with Crippen LogP contribution in [0.25, 0.3) is 0 Å². The average molecular weight is 237 g/mol. The molecule has 96 valence electrons. The molecule has 0 saturated heterocycles. The van der Waals surface area contributed by atoms with Crippen molar-refractivity contribution in [3.05, 3.63) is 29.8 Å². The topological polar surface area (TPSA) is 43.7 Å². The van der Waals surface area contributed by atoms with Crippen LogP contribution < -0.4 is 4.90 Å². The van der Waals surface area contributed by atoms with E-state index in [1.165, 1.54) is 0 Å². The second-order valence-electron chi connectivity index (χ2n) is 4.30. The van der Waals surface area contributed by atoms with Gasteiger partial charge in [0.15, 0.2) is 0 Å². The van der Waals surface area contributed by atoms with Crippen LogP contribution in [0.2, 0.25) is 0 Å². The third kappa shape index (κ3) is 4.02. The van der Waals surface area contributed by atoms with E-state index in [-0.39, 0.29) is 6.61 Å². The molecule has 3 nitrogen and oxygen atoms in total. The monoisotopic (exact) mass is 237 g/mol. The largest absolute Gasteiger partial charge is 0.395 e. The molecule has 3 heteroatoms. The van der Waals surface area contributed by atoms with Crippen molar-refractivity contribution in [2.45, 2.75) is 32.8 Å². The number of aliphatic hydroxyl groups is 2. The Morgan fingerprint density at radius 2 is 1.94 bits per heavy atom. The zero-order valence-electron chi connectivity index (χ0n) is 10.8. The molecule has 1 aromatic rings. The number of hydrogen-bond acceptors (Lipinski definition) is 3. The van der Waals surface area contributed by atoms with Crippen LogP contribution in [0.1, 0.15) is 38.4 Å². The van der Waals surface area contributed by atoms with Gasteiger partial charge in [-0.15, -0.1) is 0 Å². The Labute approximate surface area is 104 Å². The molecule has 0 aromatic heterocycles. The Bertz CT molecular complexity index is 326. The van der Waals surface area contributed by atoms with Crippen LogP contribution in [-0.4, -0.2) is 29.9 Å². The fraction of sp³-hybridized carbons (Fsp3) is 0.571. The predicted octanol–water partition coefficient (Wildman–Crippen LogP) is 2.34. The van der Waals surface area contributed by atoms with Crippen LogP contribution in [0.5, 0.6) is 0 Å². The summed E-state index contributed by atoms with van der Waals surface area (Å²) in [6.07, 6.45) is 1.74. The minimum Gasteiger partial charge on any atom is -0.395 e. The summed E-state index contributed by atoms with van der Waals surface area (Å²) in [4.78, 5) is 2.14. The summed E-state index contributed by atoms with van der Waals surface area (Å²) in [5, 5.41) is 18.9. The summed E-state index contributed by atoms with van der Waals surface area (Å²) in [7, 11) is 0. The molecule has 2 N–H and O–H groups in total. The number of anilines is 1. The Balaban J connectivity index is 2.91. The highest BCUT2D eigenvalue weighted by Gasteiger charge is 2.12. The number of nitrogens with zero attached hydrogens (tertiary/aromatic N) is 1. The van der Waals surface area contributed by atoms with Gasteiger partial charge in [0, 0.05) is 24.3 Å². The number of benzene rings is 1. The van der Waals surface area contributed by atoms with Gasteiger partial charge in [-0.3, -0.25) is 0 Å². The quantitative estimate of drug-likeness (QED) is 0.765. The molecule has 0 heterocycles. The summed E-state index contributed by atoms with van der Waals surface area (Å²) in [6.45, 7) is 5.59. The fourth-order valence-electron chi connectivity index (χ4n) is 1.95. The minimum atomic E-state index is -0.478. The third-order valence-corrected chi connectivity index (χ3v) is 2.88. The highest BCUT2D eigenvalue weighted by Crippen LogP contribution is 2.26. The lowest BCUT2D eigenvalue weighted by Gasteiger charge is -2.27. The number of hydrogen-bond donors (Lipinski definition) is 2. The summed E-state index contributed by atoms with van der Waals surface area (Å²) in [5.41, 5.74) is 1.96. The SMILES string of the molecule is CCCCN(CCO)c1ccccc1[C@@H](C)O. The molecule has 0 amide bonds. The van der Waals surface area contributed by atoms with Crippen LogP contribution in [0, 0.1) is 0 Å². The van der Waals surface area contributed by atoms with Crippen LogP contribution in [0.3, 0.4) is 0 Å². The highest BCUT2D eigenvalue weighted by atomic mass is 16.3. The summed E-state index contributed by atoms with van der Waals surface area (Å²) < 4.78 is 0. The van der Waals surface area contributed by atoms with Crippen molar-refractivity contribution in [2.24, 2.45) is 0 Å². The smallest absolute Gasteiger partial charge is 0.0781 e. The summed E-state index contributed by atoms with van der Waals surface area (Å²) in [6, 6.07) is 7.85. The lowest BCUT2D eigenvalue weighted by molar-refractivity contribution is 0.199. The van der Waals surface area contributed by atoms with Crippen LogP contribution >= 0.6 is 0 Å². The number of unbranched alkanes of at least 4 members (excludes halogenated alkanes) is 1.